The lowest BCUT2D eigenvalue weighted by Gasteiger charge is -2.10. The summed E-state index contributed by atoms with van der Waals surface area (Å²) in [6.45, 7) is 8.38. The van der Waals surface area contributed by atoms with Gasteiger partial charge in [0.15, 0.2) is 0 Å². The number of allylic oxidation sites excluding steroid dienone is 1. The summed E-state index contributed by atoms with van der Waals surface area (Å²) >= 11 is 0. The highest BCUT2D eigenvalue weighted by Gasteiger charge is 2.07. The Morgan fingerprint density at radius 3 is 2.62 bits per heavy atom. The molecule has 0 saturated carbocycles. The first kappa shape index (κ1) is 12.2. The van der Waals surface area contributed by atoms with E-state index in [9.17, 15) is 4.79 Å². The molecule has 1 atom stereocenters. The molecule has 0 saturated heterocycles. The van der Waals surface area contributed by atoms with E-state index in [4.69, 9.17) is 4.74 Å². The second-order valence-electron chi connectivity index (χ2n) is 3.46. The summed E-state index contributed by atoms with van der Waals surface area (Å²) in [7, 11) is 0. The summed E-state index contributed by atoms with van der Waals surface area (Å²) in [5.41, 5.74) is 0.684. The van der Waals surface area contributed by atoms with Crippen molar-refractivity contribution in [2.75, 3.05) is 6.61 Å². The van der Waals surface area contributed by atoms with E-state index in [1.807, 2.05) is 6.92 Å². The van der Waals surface area contributed by atoms with Crippen LogP contribution in [0.15, 0.2) is 11.6 Å². The van der Waals surface area contributed by atoms with Crippen molar-refractivity contribution in [2.24, 2.45) is 5.92 Å². The van der Waals surface area contributed by atoms with E-state index in [2.05, 4.69) is 13.8 Å². The number of esters is 1. The van der Waals surface area contributed by atoms with Crippen LogP contribution in [-0.4, -0.2) is 12.6 Å². The Hall–Kier alpha value is -0.790. The van der Waals surface area contributed by atoms with Crippen LogP contribution in [0.4, 0.5) is 0 Å². The van der Waals surface area contributed by atoms with Gasteiger partial charge in [-0.05, 0) is 26.2 Å². The van der Waals surface area contributed by atoms with Crippen molar-refractivity contribution >= 4 is 5.97 Å². The zero-order valence-corrected chi connectivity index (χ0v) is 9.09. The summed E-state index contributed by atoms with van der Waals surface area (Å²) in [5, 5.41) is 0. The van der Waals surface area contributed by atoms with Gasteiger partial charge in [-0.15, -0.1) is 0 Å². The van der Waals surface area contributed by atoms with Gasteiger partial charge in [0, 0.05) is 5.57 Å². The van der Waals surface area contributed by atoms with Gasteiger partial charge < -0.3 is 4.74 Å². The number of hydrogen-bond acceptors (Lipinski definition) is 2. The van der Waals surface area contributed by atoms with Gasteiger partial charge in [-0.1, -0.05) is 26.3 Å². The molecule has 0 aliphatic rings. The Morgan fingerprint density at radius 1 is 1.54 bits per heavy atom. The molecule has 0 rings (SSSR count). The Balaban J connectivity index is 3.70. The normalized spacial score (nSPS) is 14.0. The molecule has 2 heteroatoms. The Bertz CT molecular complexity index is 183. The van der Waals surface area contributed by atoms with Crippen LogP contribution in [0.25, 0.3) is 0 Å². The SMILES string of the molecule is CC=C(C)C(=O)OCC(C)CCC. The van der Waals surface area contributed by atoms with Crippen LogP contribution in [-0.2, 0) is 9.53 Å². The lowest BCUT2D eigenvalue weighted by Crippen LogP contribution is -2.12. The van der Waals surface area contributed by atoms with Crippen molar-refractivity contribution < 1.29 is 9.53 Å². The van der Waals surface area contributed by atoms with Crippen molar-refractivity contribution in [3.63, 3.8) is 0 Å². The topological polar surface area (TPSA) is 26.3 Å². The van der Waals surface area contributed by atoms with Gasteiger partial charge in [0.2, 0.25) is 0 Å². The molecule has 0 aromatic carbocycles. The summed E-state index contributed by atoms with van der Waals surface area (Å²) in [5.74, 6) is 0.282. The zero-order chi connectivity index (χ0) is 10.3. The third-order valence-corrected chi connectivity index (χ3v) is 2.04. The van der Waals surface area contributed by atoms with Crippen molar-refractivity contribution in [1.29, 1.82) is 0 Å². The highest BCUT2D eigenvalue weighted by atomic mass is 16.5. The van der Waals surface area contributed by atoms with E-state index in [1.54, 1.807) is 13.0 Å². The van der Waals surface area contributed by atoms with Crippen molar-refractivity contribution in [3.05, 3.63) is 11.6 Å². The minimum Gasteiger partial charge on any atom is -0.462 e. The van der Waals surface area contributed by atoms with Gasteiger partial charge >= 0.3 is 5.97 Å². The van der Waals surface area contributed by atoms with Gasteiger partial charge in [-0.3, -0.25) is 0 Å². The molecule has 13 heavy (non-hydrogen) atoms. The quantitative estimate of drug-likeness (QED) is 0.485. The molecule has 0 fully saturated rings. The number of ether oxygens (including phenoxy) is 1. The molecular formula is C11H20O2. The summed E-state index contributed by atoms with van der Waals surface area (Å²) in [4.78, 5) is 11.2. The minimum atomic E-state index is -0.189. The second-order valence-corrected chi connectivity index (χ2v) is 3.46. The molecule has 0 aromatic heterocycles. The fourth-order valence-electron chi connectivity index (χ4n) is 1.03. The molecular weight excluding hydrogens is 164 g/mol. The minimum absolute atomic E-state index is 0.189. The highest BCUT2D eigenvalue weighted by molar-refractivity contribution is 5.87. The molecule has 0 N–H and O–H groups in total. The second kappa shape index (κ2) is 6.70. The molecule has 0 spiro atoms. The monoisotopic (exact) mass is 184 g/mol. The lowest BCUT2D eigenvalue weighted by molar-refractivity contribution is -0.140. The summed E-state index contributed by atoms with van der Waals surface area (Å²) in [6, 6.07) is 0. The third kappa shape index (κ3) is 5.45. The van der Waals surface area contributed by atoms with E-state index in [0.29, 0.717) is 18.1 Å². The molecule has 0 aliphatic heterocycles. The maximum Gasteiger partial charge on any atom is 0.333 e. The zero-order valence-electron chi connectivity index (χ0n) is 9.09. The standard InChI is InChI=1S/C11H20O2/c1-5-7-9(3)8-13-11(12)10(4)6-2/h6,9H,5,7-8H2,1-4H3. The third-order valence-electron chi connectivity index (χ3n) is 2.04. The number of carbonyl (C=O) groups is 1. The molecule has 0 radical (unpaired) electrons. The van der Waals surface area contributed by atoms with Crippen molar-refractivity contribution in [3.8, 4) is 0 Å². The first-order chi connectivity index (χ1) is 6.11. The van der Waals surface area contributed by atoms with E-state index < -0.39 is 0 Å². The van der Waals surface area contributed by atoms with Crippen LogP contribution in [0.1, 0.15) is 40.5 Å². The first-order valence-corrected chi connectivity index (χ1v) is 4.91. The Kier molecular flexibility index (Phi) is 6.29. The van der Waals surface area contributed by atoms with Gasteiger partial charge in [0.05, 0.1) is 6.61 Å². The maximum absolute atomic E-state index is 11.2. The highest BCUT2D eigenvalue weighted by Crippen LogP contribution is 2.06. The van der Waals surface area contributed by atoms with E-state index in [1.165, 1.54) is 0 Å². The smallest absolute Gasteiger partial charge is 0.333 e. The van der Waals surface area contributed by atoms with Crippen LogP contribution in [0.2, 0.25) is 0 Å². The van der Waals surface area contributed by atoms with Gasteiger partial charge in [0.1, 0.15) is 0 Å². The fourth-order valence-corrected chi connectivity index (χ4v) is 1.03. The number of rotatable bonds is 5. The first-order valence-electron chi connectivity index (χ1n) is 4.91. The van der Waals surface area contributed by atoms with Crippen molar-refractivity contribution in [2.45, 2.75) is 40.5 Å². The molecule has 0 heterocycles. The van der Waals surface area contributed by atoms with Crippen molar-refractivity contribution in [1.82, 2.24) is 0 Å². The molecule has 2 nitrogen and oxygen atoms in total. The van der Waals surface area contributed by atoms with Crippen LogP contribution < -0.4 is 0 Å². The molecule has 76 valence electrons. The predicted octanol–water partition coefficient (Wildman–Crippen LogP) is 2.93. The summed E-state index contributed by atoms with van der Waals surface area (Å²) < 4.78 is 5.10. The molecule has 0 aromatic rings. The predicted molar refractivity (Wildman–Crippen MR) is 54.5 cm³/mol. The maximum atomic E-state index is 11.2. The van der Waals surface area contributed by atoms with Gasteiger partial charge in [-0.2, -0.15) is 0 Å². The van der Waals surface area contributed by atoms with Crippen LogP contribution >= 0.6 is 0 Å². The Morgan fingerprint density at radius 2 is 2.15 bits per heavy atom. The molecule has 0 bridgehead atoms. The number of hydrogen-bond donors (Lipinski definition) is 0. The van der Waals surface area contributed by atoms with E-state index in [0.717, 1.165) is 12.8 Å². The van der Waals surface area contributed by atoms with Gasteiger partial charge in [0.25, 0.3) is 0 Å². The van der Waals surface area contributed by atoms with E-state index in [-0.39, 0.29) is 5.97 Å². The molecule has 0 amide bonds. The lowest BCUT2D eigenvalue weighted by atomic mass is 10.1. The Labute approximate surface area is 81.0 Å². The fraction of sp³-hybridized carbons (Fsp3) is 0.727. The van der Waals surface area contributed by atoms with Crippen LogP contribution in [0, 0.1) is 5.92 Å². The largest absolute Gasteiger partial charge is 0.462 e. The molecule has 1 unspecified atom stereocenters. The average molecular weight is 184 g/mol. The van der Waals surface area contributed by atoms with E-state index >= 15 is 0 Å². The summed E-state index contributed by atoms with van der Waals surface area (Å²) in [6.07, 6.45) is 4.02. The van der Waals surface area contributed by atoms with Gasteiger partial charge in [-0.25, -0.2) is 4.79 Å². The number of carbonyl (C=O) groups excluding carboxylic acids is 1. The molecule has 0 aliphatic carbocycles. The average Bonchev–Trinajstić information content (AvgIpc) is 2.13. The van der Waals surface area contributed by atoms with Crippen LogP contribution in [0.5, 0.6) is 0 Å². The van der Waals surface area contributed by atoms with Crippen LogP contribution in [0.3, 0.4) is 0 Å².